The lowest BCUT2D eigenvalue weighted by Crippen LogP contribution is -2.43. The molecule has 2 aliphatic heterocycles. The molecule has 6 nitrogen and oxygen atoms in total. The van der Waals surface area contributed by atoms with Gasteiger partial charge in [-0.15, -0.1) is 0 Å². The fourth-order valence-electron chi connectivity index (χ4n) is 4.51. The van der Waals surface area contributed by atoms with Crippen LogP contribution in [0.2, 0.25) is 0 Å². The van der Waals surface area contributed by atoms with Crippen LogP contribution in [-0.4, -0.2) is 17.8 Å². The van der Waals surface area contributed by atoms with Gasteiger partial charge >= 0.3 is 5.97 Å². The van der Waals surface area contributed by atoms with E-state index < -0.39 is 5.97 Å². The lowest BCUT2D eigenvalue weighted by molar-refractivity contribution is -0.129. The summed E-state index contributed by atoms with van der Waals surface area (Å²) >= 11 is 0. The van der Waals surface area contributed by atoms with Crippen LogP contribution < -0.4 is 10.2 Å². The Kier molecular flexibility index (Phi) is 5.62. The first kappa shape index (κ1) is 22.5. The number of esters is 1. The average molecular weight is 486 g/mol. The number of hydrogen-bond donors (Lipinski definition) is 1. The summed E-state index contributed by atoms with van der Waals surface area (Å²) in [7, 11) is 0. The third-order valence-electron chi connectivity index (χ3n) is 6.44. The largest absolute Gasteiger partial charge is 0.402 e. The second kappa shape index (κ2) is 9.24. The summed E-state index contributed by atoms with van der Waals surface area (Å²) in [6.07, 6.45) is 1.34. The highest BCUT2D eigenvalue weighted by Gasteiger charge is 2.34. The minimum Gasteiger partial charge on any atom is -0.402 e. The smallest absolute Gasteiger partial charge is 0.363 e. The first-order valence-corrected chi connectivity index (χ1v) is 12.0. The number of aliphatic imine (C=N–C) groups is 1. The highest BCUT2D eigenvalue weighted by atomic mass is 16.6. The van der Waals surface area contributed by atoms with Gasteiger partial charge in [-0.3, -0.25) is 9.69 Å². The van der Waals surface area contributed by atoms with Crippen LogP contribution in [0.4, 0.5) is 11.4 Å². The Bertz CT molecular complexity index is 1560. The number of fused-ring (bicyclic) bond motifs is 1. The Morgan fingerprint density at radius 1 is 0.838 bits per heavy atom. The lowest BCUT2D eigenvalue weighted by atomic mass is 10.0. The molecule has 0 spiro atoms. The monoisotopic (exact) mass is 485 g/mol. The van der Waals surface area contributed by atoms with Gasteiger partial charge in [-0.05, 0) is 60.5 Å². The minimum atomic E-state index is -0.490. The SMILES string of the molecule is Cc1ccc(C=C2N=C(c3ccc(N4C(=O)c5ccccc5NC4c4ccccc4)cc3)OC2=O)cc1. The molecular weight excluding hydrogens is 462 g/mol. The fraction of sp³-hybridized carbons (Fsp3) is 0.0645. The zero-order chi connectivity index (χ0) is 25.4. The number of nitrogens with zero attached hydrogens (tertiary/aromatic N) is 2. The number of hydrogen-bond acceptors (Lipinski definition) is 5. The number of carbonyl (C=O) groups is 2. The van der Waals surface area contributed by atoms with Gasteiger partial charge in [0.05, 0.1) is 5.56 Å². The van der Waals surface area contributed by atoms with E-state index in [1.54, 1.807) is 11.0 Å². The highest BCUT2D eigenvalue weighted by molar-refractivity contribution is 6.14. The molecular formula is C31H23N3O3. The molecule has 0 radical (unpaired) electrons. The third-order valence-corrected chi connectivity index (χ3v) is 6.44. The van der Waals surface area contributed by atoms with E-state index in [0.29, 0.717) is 16.8 Å². The maximum absolute atomic E-state index is 13.6. The zero-order valence-corrected chi connectivity index (χ0v) is 20.1. The summed E-state index contributed by atoms with van der Waals surface area (Å²) in [5.74, 6) is -0.345. The number of para-hydroxylation sites is 1. The second-order valence-corrected chi connectivity index (χ2v) is 8.97. The molecule has 1 amide bonds. The molecule has 6 rings (SSSR count). The van der Waals surface area contributed by atoms with Crippen LogP contribution in [0.1, 0.15) is 38.8 Å². The Hall–Kier alpha value is -4.97. The standard InChI is InChI=1S/C31H23N3O3/c1-20-11-13-21(14-12-20)19-27-31(36)37-29(33-27)23-15-17-24(18-16-23)34-28(22-7-3-2-4-8-22)32-26-10-6-5-9-25(26)30(34)35/h2-19,28,32H,1H3. The van der Waals surface area contributed by atoms with Crippen molar-refractivity contribution in [2.75, 3.05) is 10.2 Å². The van der Waals surface area contributed by atoms with Crippen molar-refractivity contribution in [3.8, 4) is 0 Å². The van der Waals surface area contributed by atoms with Crippen LogP contribution in [0.3, 0.4) is 0 Å². The van der Waals surface area contributed by atoms with E-state index in [9.17, 15) is 9.59 Å². The molecule has 1 atom stereocenters. The molecule has 6 heteroatoms. The Labute approximate surface area is 214 Å². The van der Waals surface area contributed by atoms with E-state index in [1.807, 2.05) is 110 Å². The van der Waals surface area contributed by atoms with Crippen molar-refractivity contribution >= 4 is 35.2 Å². The van der Waals surface area contributed by atoms with E-state index in [2.05, 4.69) is 10.3 Å². The number of anilines is 2. The third kappa shape index (κ3) is 4.29. The molecule has 0 bridgehead atoms. The van der Waals surface area contributed by atoms with Crippen molar-refractivity contribution in [1.82, 2.24) is 0 Å². The van der Waals surface area contributed by atoms with Crippen molar-refractivity contribution < 1.29 is 14.3 Å². The molecule has 0 saturated heterocycles. The topological polar surface area (TPSA) is 71.0 Å². The van der Waals surface area contributed by atoms with E-state index in [0.717, 1.165) is 22.4 Å². The van der Waals surface area contributed by atoms with E-state index >= 15 is 0 Å². The summed E-state index contributed by atoms with van der Waals surface area (Å²) in [6.45, 7) is 2.01. The van der Waals surface area contributed by atoms with Gasteiger partial charge in [0.2, 0.25) is 5.90 Å². The molecule has 1 N–H and O–H groups in total. The molecule has 0 saturated carbocycles. The van der Waals surface area contributed by atoms with E-state index in [-0.39, 0.29) is 23.7 Å². The van der Waals surface area contributed by atoms with Crippen molar-refractivity contribution in [2.24, 2.45) is 4.99 Å². The zero-order valence-electron chi connectivity index (χ0n) is 20.1. The Morgan fingerprint density at radius 2 is 1.54 bits per heavy atom. The summed E-state index contributed by atoms with van der Waals surface area (Å²) in [5.41, 5.74) is 6.01. The van der Waals surface area contributed by atoms with Gasteiger partial charge in [-0.1, -0.05) is 72.3 Å². The molecule has 0 aliphatic carbocycles. The molecule has 180 valence electrons. The molecule has 1 unspecified atom stereocenters. The molecule has 2 aliphatic rings. The Balaban J connectivity index is 1.32. The van der Waals surface area contributed by atoms with Gasteiger partial charge in [-0.2, -0.15) is 0 Å². The first-order valence-electron chi connectivity index (χ1n) is 12.0. The highest BCUT2D eigenvalue weighted by Crippen LogP contribution is 2.36. The van der Waals surface area contributed by atoms with Gasteiger partial charge in [0, 0.05) is 16.9 Å². The summed E-state index contributed by atoms with van der Waals surface area (Å²) in [6, 6.07) is 32.5. The molecule has 2 heterocycles. The molecule has 4 aromatic rings. The molecule has 4 aromatic carbocycles. The number of nitrogens with one attached hydrogen (secondary N) is 1. The first-order chi connectivity index (χ1) is 18.1. The maximum atomic E-state index is 13.6. The molecule has 37 heavy (non-hydrogen) atoms. The fourth-order valence-corrected chi connectivity index (χ4v) is 4.51. The van der Waals surface area contributed by atoms with Gasteiger partial charge in [0.15, 0.2) is 5.70 Å². The number of cyclic esters (lactones) is 1. The van der Waals surface area contributed by atoms with Crippen molar-refractivity contribution in [3.05, 3.63) is 137 Å². The molecule has 0 fully saturated rings. The van der Waals surface area contributed by atoms with Crippen molar-refractivity contribution in [3.63, 3.8) is 0 Å². The predicted octanol–water partition coefficient (Wildman–Crippen LogP) is 6.11. The average Bonchev–Trinajstić information content (AvgIpc) is 3.30. The van der Waals surface area contributed by atoms with Crippen LogP contribution in [0, 0.1) is 6.92 Å². The van der Waals surface area contributed by atoms with Crippen LogP contribution >= 0.6 is 0 Å². The number of benzene rings is 4. The Morgan fingerprint density at radius 3 is 2.30 bits per heavy atom. The summed E-state index contributed by atoms with van der Waals surface area (Å²) in [4.78, 5) is 32.2. The summed E-state index contributed by atoms with van der Waals surface area (Å²) in [5, 5.41) is 3.50. The number of ether oxygens (including phenoxy) is 1. The number of carbonyl (C=O) groups excluding carboxylic acids is 2. The molecule has 0 aromatic heterocycles. The van der Waals surface area contributed by atoms with Gasteiger partial charge in [0.25, 0.3) is 5.91 Å². The van der Waals surface area contributed by atoms with E-state index in [4.69, 9.17) is 4.74 Å². The van der Waals surface area contributed by atoms with E-state index in [1.165, 1.54) is 0 Å². The minimum absolute atomic E-state index is 0.0936. The van der Waals surface area contributed by atoms with Crippen LogP contribution in [-0.2, 0) is 9.53 Å². The number of rotatable bonds is 4. The van der Waals surface area contributed by atoms with Crippen molar-refractivity contribution in [1.29, 1.82) is 0 Å². The predicted molar refractivity (Wildman–Crippen MR) is 144 cm³/mol. The van der Waals surface area contributed by atoms with Crippen molar-refractivity contribution in [2.45, 2.75) is 13.1 Å². The summed E-state index contributed by atoms with van der Waals surface area (Å²) < 4.78 is 5.45. The number of amides is 1. The second-order valence-electron chi connectivity index (χ2n) is 8.97. The number of aryl methyl sites for hydroxylation is 1. The van der Waals surface area contributed by atoms with Crippen LogP contribution in [0.15, 0.2) is 114 Å². The lowest BCUT2D eigenvalue weighted by Gasteiger charge is -2.38. The van der Waals surface area contributed by atoms with Crippen LogP contribution in [0.5, 0.6) is 0 Å². The normalized spacial score (nSPS) is 17.8. The van der Waals surface area contributed by atoms with Gasteiger partial charge < -0.3 is 10.1 Å². The van der Waals surface area contributed by atoms with Gasteiger partial charge in [0.1, 0.15) is 6.17 Å². The van der Waals surface area contributed by atoms with Gasteiger partial charge in [-0.25, -0.2) is 9.79 Å². The quantitative estimate of drug-likeness (QED) is 0.280. The van der Waals surface area contributed by atoms with Crippen LogP contribution in [0.25, 0.3) is 6.08 Å². The maximum Gasteiger partial charge on any atom is 0.363 e.